The van der Waals surface area contributed by atoms with E-state index >= 15 is 0 Å². The highest BCUT2D eigenvalue weighted by Gasteiger charge is 2.26. The largest absolute Gasteiger partial charge is 0.480 e. The van der Waals surface area contributed by atoms with Crippen molar-refractivity contribution in [2.75, 3.05) is 7.05 Å². The van der Waals surface area contributed by atoms with Gasteiger partial charge in [0.2, 0.25) is 0 Å². The number of carboxylic acid groups (broad SMARTS) is 1. The molecule has 0 saturated heterocycles. The van der Waals surface area contributed by atoms with Crippen LogP contribution in [0.25, 0.3) is 0 Å². The molecule has 1 aliphatic rings. The Labute approximate surface area is 117 Å². The molecule has 7 heteroatoms. The van der Waals surface area contributed by atoms with Crippen molar-refractivity contribution >= 4 is 11.9 Å². The monoisotopic (exact) mass is 280 g/mol. The maximum absolute atomic E-state index is 12.3. The molecule has 0 bridgehead atoms. The van der Waals surface area contributed by atoms with Crippen molar-refractivity contribution in [2.24, 2.45) is 5.92 Å². The summed E-state index contributed by atoms with van der Waals surface area (Å²) in [6.45, 7) is 1.94. The molecule has 0 aromatic carbocycles. The van der Waals surface area contributed by atoms with Gasteiger partial charge in [-0.1, -0.05) is 12.1 Å². The number of carbonyl (C=O) groups is 2. The predicted octanol–water partition coefficient (Wildman–Crippen LogP) is 1.01. The normalized spacial score (nSPS) is 22.5. The molecular formula is C13H20N4O3. The van der Waals surface area contributed by atoms with E-state index in [0.29, 0.717) is 0 Å². The fourth-order valence-corrected chi connectivity index (χ4v) is 2.59. The zero-order chi connectivity index (χ0) is 14.7. The third-order valence-corrected chi connectivity index (χ3v) is 3.91. The van der Waals surface area contributed by atoms with Crippen LogP contribution in [0.3, 0.4) is 0 Å². The molecule has 0 spiro atoms. The highest BCUT2D eigenvalue weighted by molar-refractivity contribution is 5.92. The highest BCUT2D eigenvalue weighted by Crippen LogP contribution is 2.26. The SMILES string of the molecule is CC1CCC(N(C)C(=O)c2cn(CC(=O)O)nn2)CC1. The Morgan fingerprint density at radius 1 is 1.40 bits per heavy atom. The quantitative estimate of drug-likeness (QED) is 0.889. The smallest absolute Gasteiger partial charge is 0.325 e. The van der Waals surface area contributed by atoms with Gasteiger partial charge in [-0.3, -0.25) is 9.59 Å². The molecule has 1 aromatic heterocycles. The number of rotatable bonds is 4. The zero-order valence-corrected chi connectivity index (χ0v) is 11.8. The third-order valence-electron chi connectivity index (χ3n) is 3.91. The summed E-state index contributed by atoms with van der Waals surface area (Å²) in [5.74, 6) is -0.476. The summed E-state index contributed by atoms with van der Waals surface area (Å²) in [5.41, 5.74) is 0.201. The van der Waals surface area contributed by atoms with Crippen molar-refractivity contribution in [3.05, 3.63) is 11.9 Å². The van der Waals surface area contributed by atoms with E-state index in [2.05, 4.69) is 17.2 Å². The van der Waals surface area contributed by atoms with Gasteiger partial charge in [0.25, 0.3) is 5.91 Å². The summed E-state index contributed by atoms with van der Waals surface area (Å²) in [4.78, 5) is 24.6. The minimum Gasteiger partial charge on any atom is -0.480 e. The van der Waals surface area contributed by atoms with Gasteiger partial charge < -0.3 is 10.0 Å². The van der Waals surface area contributed by atoms with Gasteiger partial charge in [0.1, 0.15) is 6.54 Å². The molecule has 1 fully saturated rings. The molecule has 0 unspecified atom stereocenters. The Bertz CT molecular complexity index is 492. The highest BCUT2D eigenvalue weighted by atomic mass is 16.4. The molecule has 0 atom stereocenters. The zero-order valence-electron chi connectivity index (χ0n) is 11.8. The molecular weight excluding hydrogens is 260 g/mol. The van der Waals surface area contributed by atoms with E-state index < -0.39 is 5.97 Å². The lowest BCUT2D eigenvalue weighted by Gasteiger charge is -2.33. The van der Waals surface area contributed by atoms with E-state index in [1.165, 1.54) is 6.20 Å². The van der Waals surface area contributed by atoms with Gasteiger partial charge >= 0.3 is 5.97 Å². The van der Waals surface area contributed by atoms with E-state index in [1.54, 1.807) is 11.9 Å². The first-order valence-corrected chi connectivity index (χ1v) is 6.86. The first-order chi connectivity index (χ1) is 9.47. The fourth-order valence-electron chi connectivity index (χ4n) is 2.59. The van der Waals surface area contributed by atoms with Crippen LogP contribution in [0.5, 0.6) is 0 Å². The number of aromatic nitrogens is 3. The van der Waals surface area contributed by atoms with Crippen LogP contribution in [0.4, 0.5) is 0 Å². The fraction of sp³-hybridized carbons (Fsp3) is 0.692. The molecule has 0 aliphatic heterocycles. The van der Waals surface area contributed by atoms with E-state index in [1.807, 2.05) is 0 Å². The van der Waals surface area contributed by atoms with Crippen LogP contribution in [-0.2, 0) is 11.3 Å². The first-order valence-electron chi connectivity index (χ1n) is 6.86. The molecule has 1 saturated carbocycles. The van der Waals surface area contributed by atoms with Crippen molar-refractivity contribution in [3.63, 3.8) is 0 Å². The summed E-state index contributed by atoms with van der Waals surface area (Å²) >= 11 is 0. The number of carbonyl (C=O) groups excluding carboxylic acids is 1. The van der Waals surface area contributed by atoms with Crippen LogP contribution in [-0.4, -0.2) is 50.0 Å². The minimum absolute atomic E-state index is 0.193. The van der Waals surface area contributed by atoms with Crippen LogP contribution in [0.15, 0.2) is 6.20 Å². The average molecular weight is 280 g/mol. The summed E-state index contributed by atoms with van der Waals surface area (Å²) in [6, 6.07) is 0.239. The molecule has 0 radical (unpaired) electrons. The Morgan fingerprint density at radius 3 is 2.65 bits per heavy atom. The molecule has 2 rings (SSSR count). The van der Waals surface area contributed by atoms with Crippen molar-refractivity contribution in [2.45, 2.75) is 45.2 Å². The number of hydrogen-bond acceptors (Lipinski definition) is 4. The Kier molecular flexibility index (Phi) is 4.36. The van der Waals surface area contributed by atoms with Crippen LogP contribution in [0, 0.1) is 5.92 Å². The Hall–Kier alpha value is -1.92. The van der Waals surface area contributed by atoms with Crippen molar-refractivity contribution in [1.29, 1.82) is 0 Å². The van der Waals surface area contributed by atoms with Gasteiger partial charge in [-0.05, 0) is 31.6 Å². The van der Waals surface area contributed by atoms with Crippen molar-refractivity contribution in [3.8, 4) is 0 Å². The van der Waals surface area contributed by atoms with Gasteiger partial charge in [0.05, 0.1) is 6.20 Å². The first kappa shape index (κ1) is 14.5. The third kappa shape index (κ3) is 3.34. The van der Waals surface area contributed by atoms with E-state index in [-0.39, 0.29) is 24.2 Å². The second kappa shape index (κ2) is 6.02. The number of nitrogens with zero attached hydrogens (tertiary/aromatic N) is 4. The van der Waals surface area contributed by atoms with Gasteiger partial charge in [-0.25, -0.2) is 4.68 Å². The van der Waals surface area contributed by atoms with Gasteiger partial charge in [-0.2, -0.15) is 0 Å². The van der Waals surface area contributed by atoms with Crippen molar-refractivity contribution < 1.29 is 14.7 Å². The lowest BCUT2D eigenvalue weighted by molar-refractivity contribution is -0.137. The molecule has 1 amide bonds. The summed E-state index contributed by atoms with van der Waals surface area (Å²) < 4.78 is 1.16. The maximum Gasteiger partial charge on any atom is 0.325 e. The Balaban J connectivity index is 1.99. The van der Waals surface area contributed by atoms with Crippen LogP contribution < -0.4 is 0 Å². The van der Waals surface area contributed by atoms with E-state index in [4.69, 9.17) is 5.11 Å². The second-order valence-corrected chi connectivity index (χ2v) is 5.52. The van der Waals surface area contributed by atoms with E-state index in [0.717, 1.165) is 36.3 Å². The van der Waals surface area contributed by atoms with Crippen LogP contribution in [0.1, 0.15) is 43.1 Å². The lowest BCUT2D eigenvalue weighted by Crippen LogP contribution is -2.39. The molecule has 1 aromatic rings. The van der Waals surface area contributed by atoms with E-state index in [9.17, 15) is 9.59 Å². The average Bonchev–Trinajstić information content (AvgIpc) is 2.85. The van der Waals surface area contributed by atoms with Gasteiger partial charge in [0, 0.05) is 13.1 Å². The summed E-state index contributed by atoms with van der Waals surface area (Å²) in [6.07, 6.45) is 5.67. The predicted molar refractivity (Wildman–Crippen MR) is 71.2 cm³/mol. The standard InChI is InChI=1S/C13H20N4O3/c1-9-3-5-10(6-4-9)16(2)13(20)11-7-17(15-14-11)8-12(18)19/h7,9-10H,3-6,8H2,1-2H3,(H,18,19). The maximum atomic E-state index is 12.3. The molecule has 1 N–H and O–H groups in total. The second-order valence-electron chi connectivity index (χ2n) is 5.52. The topological polar surface area (TPSA) is 88.3 Å². The number of carboxylic acids is 1. The lowest BCUT2D eigenvalue weighted by atomic mass is 9.86. The molecule has 20 heavy (non-hydrogen) atoms. The van der Waals surface area contributed by atoms with Crippen LogP contribution in [0.2, 0.25) is 0 Å². The molecule has 110 valence electrons. The Morgan fingerprint density at radius 2 is 2.05 bits per heavy atom. The van der Waals surface area contributed by atoms with Crippen LogP contribution >= 0.6 is 0 Å². The number of hydrogen-bond donors (Lipinski definition) is 1. The molecule has 7 nitrogen and oxygen atoms in total. The van der Waals surface area contributed by atoms with Gasteiger partial charge in [-0.15, -0.1) is 5.10 Å². The minimum atomic E-state index is -1.01. The van der Waals surface area contributed by atoms with Gasteiger partial charge in [0.15, 0.2) is 5.69 Å². The molecule has 1 heterocycles. The summed E-state index contributed by atoms with van der Waals surface area (Å²) in [7, 11) is 1.78. The number of aliphatic carboxylic acids is 1. The van der Waals surface area contributed by atoms with Crippen molar-refractivity contribution in [1.82, 2.24) is 19.9 Å². The summed E-state index contributed by atoms with van der Waals surface area (Å²) in [5, 5.41) is 16.1. The molecule has 1 aliphatic carbocycles. The number of amides is 1.